The van der Waals surface area contributed by atoms with Gasteiger partial charge in [0.15, 0.2) is 0 Å². The quantitative estimate of drug-likeness (QED) is 0.366. The summed E-state index contributed by atoms with van der Waals surface area (Å²) in [5.41, 5.74) is 4.84. The molecule has 0 saturated heterocycles. The second-order valence-electron chi connectivity index (χ2n) is 7.18. The van der Waals surface area contributed by atoms with Crippen LogP contribution in [0.4, 0.5) is 0 Å². The van der Waals surface area contributed by atoms with E-state index in [-0.39, 0.29) is 0 Å². The number of carboxylic acids is 1. The van der Waals surface area contributed by atoms with Crippen LogP contribution < -0.4 is 9.47 Å². The first-order valence-electron chi connectivity index (χ1n) is 10.3. The number of aromatic nitrogens is 2. The van der Waals surface area contributed by atoms with E-state index >= 15 is 0 Å². The maximum absolute atomic E-state index is 11.0. The molecule has 0 fully saturated rings. The van der Waals surface area contributed by atoms with Crippen LogP contribution in [0.5, 0.6) is 11.5 Å². The molecule has 0 aliphatic rings. The molecular formula is C27H22N2O4. The van der Waals surface area contributed by atoms with Crippen LogP contribution in [0.3, 0.4) is 0 Å². The average molecular weight is 438 g/mol. The molecule has 4 rings (SSSR count). The van der Waals surface area contributed by atoms with Crippen molar-refractivity contribution < 1.29 is 19.4 Å². The minimum atomic E-state index is -1.00. The summed E-state index contributed by atoms with van der Waals surface area (Å²) in [6, 6.07) is 24.8. The van der Waals surface area contributed by atoms with Gasteiger partial charge in [-0.05, 0) is 47.5 Å². The Hall–Kier alpha value is -4.45. The number of ether oxygens (including phenoxy) is 2. The molecule has 0 unspecified atom stereocenters. The number of aliphatic carboxylic acids is 1. The summed E-state index contributed by atoms with van der Waals surface area (Å²) in [7, 11) is 1.64. The molecule has 0 atom stereocenters. The highest BCUT2D eigenvalue weighted by Gasteiger charge is 2.11. The number of benzene rings is 3. The van der Waals surface area contributed by atoms with Gasteiger partial charge in [-0.2, -0.15) is 0 Å². The predicted molar refractivity (Wildman–Crippen MR) is 127 cm³/mol. The lowest BCUT2D eigenvalue weighted by Crippen LogP contribution is -1.98. The Balaban J connectivity index is 1.63. The SMILES string of the molecule is COc1ccc(COc2ccccc2-c2cc(-c3ccccc3/C=C\C(=O)O)ncn2)cc1. The first-order valence-corrected chi connectivity index (χ1v) is 10.3. The highest BCUT2D eigenvalue weighted by atomic mass is 16.5. The van der Waals surface area contributed by atoms with Crippen molar-refractivity contribution >= 4 is 12.0 Å². The summed E-state index contributed by atoms with van der Waals surface area (Å²) in [6.45, 7) is 0.405. The second-order valence-corrected chi connectivity index (χ2v) is 7.18. The van der Waals surface area contributed by atoms with Crippen LogP contribution in [-0.2, 0) is 11.4 Å². The Bertz CT molecular complexity index is 1280. The van der Waals surface area contributed by atoms with E-state index in [1.54, 1.807) is 13.2 Å². The third kappa shape index (κ3) is 5.43. The van der Waals surface area contributed by atoms with Gasteiger partial charge in [0.05, 0.1) is 18.5 Å². The molecule has 1 aromatic heterocycles. The lowest BCUT2D eigenvalue weighted by atomic mass is 10.0. The second kappa shape index (κ2) is 10.2. The van der Waals surface area contributed by atoms with Crippen LogP contribution in [0.1, 0.15) is 11.1 Å². The van der Waals surface area contributed by atoms with E-state index in [0.29, 0.717) is 23.7 Å². The Morgan fingerprint density at radius 2 is 1.58 bits per heavy atom. The summed E-state index contributed by atoms with van der Waals surface area (Å²) < 4.78 is 11.3. The number of carbonyl (C=O) groups is 1. The lowest BCUT2D eigenvalue weighted by molar-refractivity contribution is -0.131. The maximum Gasteiger partial charge on any atom is 0.328 e. The van der Waals surface area contributed by atoms with E-state index in [1.807, 2.05) is 78.9 Å². The van der Waals surface area contributed by atoms with Gasteiger partial charge in [0.1, 0.15) is 24.4 Å². The molecule has 1 N–H and O–H groups in total. The summed E-state index contributed by atoms with van der Waals surface area (Å²) >= 11 is 0. The zero-order valence-corrected chi connectivity index (χ0v) is 18.0. The van der Waals surface area contributed by atoms with Gasteiger partial charge in [-0.1, -0.05) is 48.5 Å². The van der Waals surface area contributed by atoms with E-state index in [1.165, 1.54) is 6.33 Å². The molecule has 1 heterocycles. The third-order valence-electron chi connectivity index (χ3n) is 5.03. The van der Waals surface area contributed by atoms with E-state index in [4.69, 9.17) is 14.6 Å². The molecule has 0 aliphatic carbocycles. The average Bonchev–Trinajstić information content (AvgIpc) is 2.87. The number of rotatable bonds is 8. The largest absolute Gasteiger partial charge is 0.497 e. The van der Waals surface area contributed by atoms with E-state index in [2.05, 4.69) is 9.97 Å². The molecule has 0 saturated carbocycles. The number of carboxylic acid groups (broad SMARTS) is 1. The lowest BCUT2D eigenvalue weighted by Gasteiger charge is -2.12. The van der Waals surface area contributed by atoms with Crippen molar-refractivity contribution in [2.45, 2.75) is 6.61 Å². The predicted octanol–water partition coefficient (Wildman–Crippen LogP) is 5.50. The minimum Gasteiger partial charge on any atom is -0.497 e. The first-order chi connectivity index (χ1) is 16.1. The van der Waals surface area contributed by atoms with Gasteiger partial charge in [0.2, 0.25) is 0 Å². The minimum absolute atomic E-state index is 0.405. The fourth-order valence-electron chi connectivity index (χ4n) is 3.38. The maximum atomic E-state index is 11.0. The molecular weight excluding hydrogens is 416 g/mol. The molecule has 0 bridgehead atoms. The Morgan fingerprint density at radius 1 is 0.909 bits per heavy atom. The van der Waals surface area contributed by atoms with Gasteiger partial charge in [-0.15, -0.1) is 0 Å². The topological polar surface area (TPSA) is 81.5 Å². The van der Waals surface area contributed by atoms with Crippen molar-refractivity contribution in [2.75, 3.05) is 7.11 Å². The molecule has 0 aliphatic heterocycles. The Morgan fingerprint density at radius 3 is 2.30 bits per heavy atom. The van der Waals surface area contributed by atoms with Gasteiger partial charge in [0.25, 0.3) is 0 Å². The number of methoxy groups -OCH3 is 1. The number of nitrogens with zero attached hydrogens (tertiary/aromatic N) is 2. The normalized spacial score (nSPS) is 10.8. The van der Waals surface area contributed by atoms with Crippen LogP contribution in [0.2, 0.25) is 0 Å². The summed E-state index contributed by atoms with van der Waals surface area (Å²) in [6.07, 6.45) is 4.18. The molecule has 164 valence electrons. The van der Waals surface area contributed by atoms with Crippen molar-refractivity contribution in [2.24, 2.45) is 0 Å². The summed E-state index contributed by atoms with van der Waals surface area (Å²) in [5.74, 6) is 0.499. The summed E-state index contributed by atoms with van der Waals surface area (Å²) in [4.78, 5) is 19.8. The van der Waals surface area contributed by atoms with Gasteiger partial charge in [-0.25, -0.2) is 14.8 Å². The zero-order valence-electron chi connectivity index (χ0n) is 18.0. The fourth-order valence-corrected chi connectivity index (χ4v) is 3.38. The van der Waals surface area contributed by atoms with Crippen LogP contribution in [-0.4, -0.2) is 28.2 Å². The number of para-hydroxylation sites is 1. The third-order valence-corrected chi connectivity index (χ3v) is 5.03. The molecule has 0 spiro atoms. The number of hydrogen-bond acceptors (Lipinski definition) is 5. The molecule has 6 heteroatoms. The van der Waals surface area contributed by atoms with Gasteiger partial charge >= 0.3 is 5.97 Å². The standard InChI is InChI=1S/C27H22N2O4/c1-32-21-13-10-19(11-14-21)17-33-26-9-5-4-8-23(26)25-16-24(28-18-29-25)22-7-3-2-6-20(22)12-15-27(30)31/h2-16,18H,17H2,1H3,(H,30,31)/b15-12-. The highest BCUT2D eigenvalue weighted by molar-refractivity contribution is 5.87. The highest BCUT2D eigenvalue weighted by Crippen LogP contribution is 2.32. The Labute approximate surface area is 191 Å². The van der Waals surface area contributed by atoms with Gasteiger partial charge < -0.3 is 14.6 Å². The van der Waals surface area contributed by atoms with E-state index in [0.717, 1.165) is 34.1 Å². The Kier molecular flexibility index (Phi) is 6.75. The molecule has 6 nitrogen and oxygen atoms in total. The van der Waals surface area contributed by atoms with E-state index in [9.17, 15) is 4.79 Å². The van der Waals surface area contributed by atoms with Crippen LogP contribution in [0.25, 0.3) is 28.6 Å². The smallest absolute Gasteiger partial charge is 0.328 e. The van der Waals surface area contributed by atoms with E-state index < -0.39 is 5.97 Å². The van der Waals surface area contributed by atoms with Crippen molar-refractivity contribution in [3.63, 3.8) is 0 Å². The molecule has 0 radical (unpaired) electrons. The molecule has 33 heavy (non-hydrogen) atoms. The molecule has 4 aromatic rings. The first kappa shape index (κ1) is 21.8. The fraction of sp³-hybridized carbons (Fsp3) is 0.0741. The van der Waals surface area contributed by atoms with Crippen molar-refractivity contribution in [1.82, 2.24) is 9.97 Å². The van der Waals surface area contributed by atoms with Gasteiger partial charge in [-0.3, -0.25) is 0 Å². The monoisotopic (exact) mass is 438 g/mol. The summed E-state index contributed by atoms with van der Waals surface area (Å²) in [5, 5.41) is 8.99. The molecule has 3 aromatic carbocycles. The van der Waals surface area contributed by atoms with Crippen molar-refractivity contribution in [3.8, 4) is 34.0 Å². The van der Waals surface area contributed by atoms with Gasteiger partial charge in [0, 0.05) is 17.2 Å². The van der Waals surface area contributed by atoms with Crippen molar-refractivity contribution in [1.29, 1.82) is 0 Å². The molecule has 0 amide bonds. The zero-order chi connectivity index (χ0) is 23.0. The van der Waals surface area contributed by atoms with Crippen LogP contribution in [0.15, 0.2) is 91.3 Å². The van der Waals surface area contributed by atoms with Crippen LogP contribution >= 0.6 is 0 Å². The van der Waals surface area contributed by atoms with Crippen molar-refractivity contribution in [3.05, 3.63) is 102 Å². The number of hydrogen-bond donors (Lipinski definition) is 1. The van der Waals surface area contributed by atoms with Crippen LogP contribution in [0, 0.1) is 0 Å².